The number of hydrogen-bond donors (Lipinski definition) is 0. The number of benzene rings is 1. The number of carbonyl (C=O) groups excluding carboxylic acids is 1. The number of anilines is 1. The maximum Gasteiger partial charge on any atom is 0.249 e. The van der Waals surface area contributed by atoms with Crippen molar-refractivity contribution in [2.24, 2.45) is 0 Å². The number of rotatable bonds is 4. The van der Waals surface area contributed by atoms with Crippen LogP contribution in [0.4, 0.5) is 5.69 Å². The molecule has 3 rings (SSSR count). The maximum atomic E-state index is 13.3. The molecule has 0 bridgehead atoms. The van der Waals surface area contributed by atoms with E-state index in [0.717, 1.165) is 35.1 Å². The van der Waals surface area contributed by atoms with Crippen molar-refractivity contribution in [3.8, 4) is 0 Å². The van der Waals surface area contributed by atoms with Gasteiger partial charge in [0.2, 0.25) is 5.91 Å². The summed E-state index contributed by atoms with van der Waals surface area (Å²) in [7, 11) is 2.00. The number of carbonyl (C=O) groups is 1. The lowest BCUT2D eigenvalue weighted by Crippen LogP contribution is -2.44. The van der Waals surface area contributed by atoms with E-state index in [1.807, 2.05) is 54.4 Å². The molecule has 1 amide bonds. The van der Waals surface area contributed by atoms with Crippen molar-refractivity contribution in [1.82, 2.24) is 9.88 Å². The molecule has 0 fully saturated rings. The van der Waals surface area contributed by atoms with E-state index in [0.29, 0.717) is 0 Å². The molecule has 1 aromatic heterocycles. The first-order valence-electron chi connectivity index (χ1n) is 7.86. The SMILES string of the molecule is CCN(C)C(C(=O)N1CCSc2ncccc21)c1ccccc1. The third-order valence-electron chi connectivity index (χ3n) is 4.15. The van der Waals surface area contributed by atoms with E-state index in [9.17, 15) is 4.79 Å². The molecule has 0 saturated heterocycles. The number of thioether (sulfide) groups is 1. The molecular formula is C18H21N3OS. The Morgan fingerprint density at radius 3 is 2.83 bits per heavy atom. The van der Waals surface area contributed by atoms with Crippen LogP contribution in [0.5, 0.6) is 0 Å². The summed E-state index contributed by atoms with van der Waals surface area (Å²) in [6.07, 6.45) is 1.78. The van der Waals surface area contributed by atoms with Crippen molar-refractivity contribution in [2.75, 3.05) is 30.8 Å². The highest BCUT2D eigenvalue weighted by molar-refractivity contribution is 7.99. The van der Waals surface area contributed by atoms with Gasteiger partial charge in [0.15, 0.2) is 0 Å². The Morgan fingerprint density at radius 2 is 2.09 bits per heavy atom. The van der Waals surface area contributed by atoms with Crippen LogP contribution < -0.4 is 4.90 Å². The Kier molecular flexibility index (Phi) is 4.98. The van der Waals surface area contributed by atoms with Gasteiger partial charge in [-0.05, 0) is 31.3 Å². The number of nitrogens with zero attached hydrogens (tertiary/aromatic N) is 3. The average Bonchev–Trinajstić information content (AvgIpc) is 2.62. The molecule has 0 spiro atoms. The van der Waals surface area contributed by atoms with E-state index in [2.05, 4.69) is 16.8 Å². The van der Waals surface area contributed by atoms with E-state index in [4.69, 9.17) is 0 Å². The van der Waals surface area contributed by atoms with Crippen LogP contribution in [0.1, 0.15) is 18.5 Å². The highest BCUT2D eigenvalue weighted by atomic mass is 32.2. The van der Waals surface area contributed by atoms with Crippen LogP contribution >= 0.6 is 11.8 Å². The van der Waals surface area contributed by atoms with Gasteiger partial charge in [0.1, 0.15) is 11.1 Å². The number of fused-ring (bicyclic) bond motifs is 1. The summed E-state index contributed by atoms with van der Waals surface area (Å²) in [5.74, 6) is 1.00. The Bertz CT molecular complexity index is 677. The topological polar surface area (TPSA) is 36.4 Å². The molecule has 1 unspecified atom stereocenters. The van der Waals surface area contributed by atoms with Crippen molar-refractivity contribution < 1.29 is 4.79 Å². The fraction of sp³-hybridized carbons (Fsp3) is 0.333. The first-order chi connectivity index (χ1) is 11.2. The van der Waals surface area contributed by atoms with Crippen molar-refractivity contribution in [2.45, 2.75) is 18.0 Å². The lowest BCUT2D eigenvalue weighted by molar-refractivity contribution is -0.123. The molecule has 2 heterocycles. The highest BCUT2D eigenvalue weighted by Crippen LogP contribution is 2.35. The Balaban J connectivity index is 1.96. The highest BCUT2D eigenvalue weighted by Gasteiger charge is 2.32. The normalized spacial score (nSPS) is 15.3. The smallest absolute Gasteiger partial charge is 0.249 e. The predicted octanol–water partition coefficient (Wildman–Crippen LogP) is 3.21. The van der Waals surface area contributed by atoms with E-state index >= 15 is 0 Å². The molecule has 0 radical (unpaired) electrons. The largest absolute Gasteiger partial charge is 0.307 e. The summed E-state index contributed by atoms with van der Waals surface area (Å²) in [5.41, 5.74) is 1.96. The number of aromatic nitrogens is 1. The van der Waals surface area contributed by atoms with Crippen molar-refractivity contribution in [3.05, 3.63) is 54.2 Å². The van der Waals surface area contributed by atoms with Crippen LogP contribution in [0.3, 0.4) is 0 Å². The van der Waals surface area contributed by atoms with Crippen molar-refractivity contribution in [1.29, 1.82) is 0 Å². The van der Waals surface area contributed by atoms with E-state index in [1.54, 1.807) is 18.0 Å². The minimum Gasteiger partial charge on any atom is -0.307 e. The molecule has 5 heteroatoms. The maximum absolute atomic E-state index is 13.3. The second kappa shape index (κ2) is 7.15. The third-order valence-corrected chi connectivity index (χ3v) is 5.13. The lowest BCUT2D eigenvalue weighted by atomic mass is 10.0. The van der Waals surface area contributed by atoms with Crippen molar-refractivity contribution in [3.63, 3.8) is 0 Å². The van der Waals surface area contributed by atoms with Crippen LogP contribution in [0.15, 0.2) is 53.7 Å². The van der Waals surface area contributed by atoms with Crippen LogP contribution in [0, 0.1) is 0 Å². The second-order valence-electron chi connectivity index (χ2n) is 5.55. The summed E-state index contributed by atoms with van der Waals surface area (Å²) in [6, 6.07) is 13.6. The second-order valence-corrected chi connectivity index (χ2v) is 6.64. The molecule has 1 aliphatic heterocycles. The average molecular weight is 327 g/mol. The zero-order chi connectivity index (χ0) is 16.2. The molecule has 0 saturated carbocycles. The van der Waals surface area contributed by atoms with Gasteiger partial charge in [-0.2, -0.15) is 0 Å². The summed E-state index contributed by atoms with van der Waals surface area (Å²) in [6.45, 7) is 3.61. The van der Waals surface area contributed by atoms with Gasteiger partial charge in [0, 0.05) is 18.5 Å². The van der Waals surface area contributed by atoms with Crippen LogP contribution in [0.2, 0.25) is 0 Å². The van der Waals surface area contributed by atoms with Gasteiger partial charge in [-0.15, -0.1) is 11.8 Å². The zero-order valence-corrected chi connectivity index (χ0v) is 14.3. The Morgan fingerprint density at radius 1 is 1.30 bits per heavy atom. The zero-order valence-electron chi connectivity index (χ0n) is 13.5. The first-order valence-corrected chi connectivity index (χ1v) is 8.85. The summed E-state index contributed by atoms with van der Waals surface area (Å²) in [5, 5.41) is 0.943. The monoisotopic (exact) mass is 327 g/mol. The third kappa shape index (κ3) is 3.26. The fourth-order valence-electron chi connectivity index (χ4n) is 2.83. The number of hydrogen-bond acceptors (Lipinski definition) is 4. The summed E-state index contributed by atoms with van der Waals surface area (Å²) < 4.78 is 0. The number of likely N-dealkylation sites (N-methyl/N-ethyl adjacent to an activating group) is 1. The van der Waals surface area contributed by atoms with Gasteiger partial charge < -0.3 is 4.90 Å². The summed E-state index contributed by atoms with van der Waals surface area (Å²) in [4.78, 5) is 21.7. The van der Waals surface area contributed by atoms with E-state index in [-0.39, 0.29) is 11.9 Å². The van der Waals surface area contributed by atoms with Gasteiger partial charge >= 0.3 is 0 Å². The molecular weight excluding hydrogens is 306 g/mol. The fourth-order valence-corrected chi connectivity index (χ4v) is 3.76. The van der Waals surface area contributed by atoms with Gasteiger partial charge in [0.25, 0.3) is 0 Å². The van der Waals surface area contributed by atoms with Gasteiger partial charge in [-0.25, -0.2) is 4.98 Å². The number of amides is 1. The Labute approximate surface area is 141 Å². The lowest BCUT2D eigenvalue weighted by Gasteiger charge is -2.34. The standard InChI is InChI=1S/C18H21N3OS/c1-3-20(2)16(14-8-5-4-6-9-14)18(22)21-12-13-23-17-15(21)10-7-11-19-17/h4-11,16H,3,12-13H2,1-2H3. The Hall–Kier alpha value is -1.85. The molecule has 2 aromatic rings. The number of pyridine rings is 1. The van der Waals surface area contributed by atoms with Crippen LogP contribution in [0.25, 0.3) is 0 Å². The first kappa shape index (κ1) is 16.0. The molecule has 23 heavy (non-hydrogen) atoms. The van der Waals surface area contributed by atoms with Crippen LogP contribution in [-0.2, 0) is 4.79 Å². The van der Waals surface area contributed by atoms with Gasteiger partial charge in [0.05, 0.1) is 5.69 Å². The van der Waals surface area contributed by atoms with Gasteiger partial charge in [-0.3, -0.25) is 9.69 Å². The molecule has 0 aliphatic carbocycles. The van der Waals surface area contributed by atoms with E-state index in [1.165, 1.54) is 0 Å². The molecule has 4 nitrogen and oxygen atoms in total. The molecule has 120 valence electrons. The molecule has 1 aromatic carbocycles. The van der Waals surface area contributed by atoms with Crippen molar-refractivity contribution >= 4 is 23.4 Å². The quantitative estimate of drug-likeness (QED) is 0.864. The minimum absolute atomic E-state index is 0.120. The minimum atomic E-state index is -0.266. The molecule has 1 aliphatic rings. The van der Waals surface area contributed by atoms with Crippen LogP contribution in [-0.4, -0.2) is 41.7 Å². The molecule has 0 N–H and O–H groups in total. The molecule has 1 atom stereocenters. The van der Waals surface area contributed by atoms with Gasteiger partial charge in [-0.1, -0.05) is 37.3 Å². The predicted molar refractivity (Wildman–Crippen MR) is 94.8 cm³/mol. The van der Waals surface area contributed by atoms with E-state index < -0.39 is 0 Å². The summed E-state index contributed by atoms with van der Waals surface area (Å²) >= 11 is 1.71.